The van der Waals surface area contributed by atoms with Gasteiger partial charge >= 0.3 is 0 Å². The normalized spacial score (nSPS) is 18.8. The van der Waals surface area contributed by atoms with E-state index in [0.717, 1.165) is 16.7 Å². The van der Waals surface area contributed by atoms with Crippen molar-refractivity contribution in [2.75, 3.05) is 32.7 Å². The second kappa shape index (κ2) is 15.0. The van der Waals surface area contributed by atoms with E-state index in [1.807, 2.05) is 78.9 Å². The van der Waals surface area contributed by atoms with Crippen molar-refractivity contribution in [1.82, 2.24) is 19.5 Å². The molecular formula is C36H38N8O7. The van der Waals surface area contributed by atoms with Crippen LogP contribution >= 0.6 is 0 Å². The lowest BCUT2D eigenvalue weighted by atomic mass is 9.79. The Morgan fingerprint density at radius 3 is 2.20 bits per heavy atom. The molecule has 1 fully saturated rings. The van der Waals surface area contributed by atoms with Crippen LogP contribution in [-0.2, 0) is 19.9 Å². The van der Waals surface area contributed by atoms with Crippen LogP contribution in [0.3, 0.4) is 0 Å². The summed E-state index contributed by atoms with van der Waals surface area (Å²) in [6.45, 7) is 2.92. The number of aromatic nitrogens is 4. The van der Waals surface area contributed by atoms with E-state index in [2.05, 4.69) is 30.3 Å². The van der Waals surface area contributed by atoms with Crippen molar-refractivity contribution in [3.8, 4) is 11.5 Å². The Balaban J connectivity index is 1.58. The number of methoxy groups -OCH3 is 2. The number of imidazole rings is 1. The average Bonchev–Trinajstić information content (AvgIpc) is 3.74. The fourth-order valence-electron chi connectivity index (χ4n) is 6.33. The Morgan fingerprint density at radius 1 is 1.04 bits per heavy atom. The minimum atomic E-state index is -1.33. The Bertz CT molecular complexity index is 2030. The number of H-pyrrole nitrogens is 1. The minimum absolute atomic E-state index is 0.00132. The molecule has 3 aromatic carbocycles. The number of carbonyl (C=O) groups excluding carboxylic acids is 1. The van der Waals surface area contributed by atoms with Crippen molar-refractivity contribution < 1.29 is 28.8 Å². The molecule has 51 heavy (non-hydrogen) atoms. The van der Waals surface area contributed by atoms with Crippen LogP contribution in [0, 0.1) is 11.8 Å². The highest BCUT2D eigenvalue weighted by Crippen LogP contribution is 2.48. The van der Waals surface area contributed by atoms with Crippen molar-refractivity contribution in [1.29, 1.82) is 0 Å². The quantitative estimate of drug-likeness (QED) is 0.0662. The Hall–Kier alpha value is -5.73. The standard InChI is InChI=1S/C36H38N8O7/c1-21(2)32(46)41-35-40-31-29(33(47)42-35)38-20-44(31)34-30(27(19-45)28(50-34)18-39-43-37)51-36(22-8-6-5-7-9-22,23-10-14-25(48-3)15-11-23)24-12-16-26(49-4)17-13-24/h5-17,20-21,27-28,30,34,45H,18-19H2,1-4H3,(H2,40,41,42,46,47)/t27-,28-,30-,34-/m1/s1. The lowest BCUT2D eigenvalue weighted by Gasteiger charge is -2.40. The predicted octanol–water partition coefficient (Wildman–Crippen LogP) is 4.92. The highest BCUT2D eigenvalue weighted by molar-refractivity contribution is 5.91. The number of nitrogens with one attached hydrogen (secondary N) is 2. The second-order valence-electron chi connectivity index (χ2n) is 12.3. The predicted molar refractivity (Wildman–Crippen MR) is 187 cm³/mol. The monoisotopic (exact) mass is 694 g/mol. The molecule has 1 aliphatic heterocycles. The zero-order valence-corrected chi connectivity index (χ0v) is 28.5. The van der Waals surface area contributed by atoms with Gasteiger partial charge in [-0.2, -0.15) is 4.98 Å². The number of anilines is 1. The number of carbonyl (C=O) groups is 1. The van der Waals surface area contributed by atoms with Crippen molar-refractivity contribution in [2.45, 2.75) is 37.9 Å². The minimum Gasteiger partial charge on any atom is -0.497 e. The summed E-state index contributed by atoms with van der Waals surface area (Å²) in [6, 6.07) is 24.6. The van der Waals surface area contributed by atoms with Crippen LogP contribution in [-0.4, -0.2) is 70.1 Å². The number of amides is 1. The van der Waals surface area contributed by atoms with Gasteiger partial charge in [0.1, 0.15) is 23.2 Å². The van der Waals surface area contributed by atoms with Crippen LogP contribution in [0.25, 0.3) is 21.6 Å². The number of ether oxygens (including phenoxy) is 4. The summed E-state index contributed by atoms with van der Waals surface area (Å²) in [6.07, 6.45) is -1.42. The van der Waals surface area contributed by atoms with Gasteiger partial charge < -0.3 is 24.1 Å². The maximum absolute atomic E-state index is 13.2. The van der Waals surface area contributed by atoms with Crippen molar-refractivity contribution in [3.63, 3.8) is 0 Å². The molecule has 3 heterocycles. The van der Waals surface area contributed by atoms with Crippen LogP contribution in [0.4, 0.5) is 5.95 Å². The average molecular weight is 695 g/mol. The van der Waals surface area contributed by atoms with E-state index in [0.29, 0.717) is 11.5 Å². The lowest BCUT2D eigenvalue weighted by Crippen LogP contribution is -2.43. The molecule has 15 nitrogen and oxygen atoms in total. The molecule has 1 amide bonds. The molecule has 2 aromatic heterocycles. The first-order valence-electron chi connectivity index (χ1n) is 16.3. The molecule has 0 aliphatic carbocycles. The third kappa shape index (κ3) is 6.75. The van der Waals surface area contributed by atoms with E-state index < -0.39 is 42.1 Å². The van der Waals surface area contributed by atoms with Gasteiger partial charge in [0.25, 0.3) is 5.56 Å². The third-order valence-electron chi connectivity index (χ3n) is 8.99. The molecular weight excluding hydrogens is 656 g/mol. The van der Waals surface area contributed by atoms with E-state index in [-0.39, 0.29) is 35.5 Å². The van der Waals surface area contributed by atoms with Crippen molar-refractivity contribution in [2.24, 2.45) is 17.0 Å². The zero-order chi connectivity index (χ0) is 36.1. The molecule has 1 aliphatic rings. The molecule has 4 atom stereocenters. The molecule has 0 radical (unpaired) electrons. The lowest BCUT2D eigenvalue weighted by molar-refractivity contribution is -0.119. The molecule has 0 saturated carbocycles. The summed E-state index contributed by atoms with van der Waals surface area (Å²) in [5.41, 5.74) is 9.65. The van der Waals surface area contributed by atoms with Crippen molar-refractivity contribution >= 4 is 23.0 Å². The summed E-state index contributed by atoms with van der Waals surface area (Å²) in [5.74, 6) is -0.241. The highest BCUT2D eigenvalue weighted by Gasteiger charge is 2.51. The summed E-state index contributed by atoms with van der Waals surface area (Å²) in [7, 11) is 3.17. The molecule has 264 valence electrons. The molecule has 0 spiro atoms. The Kier molecular flexibility index (Phi) is 10.3. The Labute approximate surface area is 292 Å². The number of aliphatic hydroxyl groups is 1. The van der Waals surface area contributed by atoms with E-state index in [4.69, 9.17) is 18.9 Å². The van der Waals surface area contributed by atoms with Gasteiger partial charge in [-0.3, -0.25) is 24.5 Å². The second-order valence-corrected chi connectivity index (χ2v) is 12.3. The van der Waals surface area contributed by atoms with Gasteiger partial charge in [0.15, 0.2) is 17.4 Å². The number of azide groups is 1. The number of rotatable bonds is 13. The number of nitrogens with zero attached hydrogens (tertiary/aromatic N) is 6. The molecule has 6 rings (SSSR count). The summed E-state index contributed by atoms with van der Waals surface area (Å²) in [5, 5.41) is 17.4. The van der Waals surface area contributed by atoms with Gasteiger partial charge in [0.05, 0.1) is 39.8 Å². The molecule has 3 N–H and O–H groups in total. The molecule has 0 bridgehead atoms. The smallest absolute Gasteiger partial charge is 0.280 e. The molecule has 5 aromatic rings. The molecule has 1 saturated heterocycles. The van der Waals surface area contributed by atoms with Gasteiger partial charge in [-0.05, 0) is 46.5 Å². The van der Waals surface area contributed by atoms with Gasteiger partial charge in [-0.25, -0.2) is 4.98 Å². The van der Waals surface area contributed by atoms with E-state index in [9.17, 15) is 20.2 Å². The van der Waals surface area contributed by atoms with Crippen molar-refractivity contribution in [3.05, 3.63) is 123 Å². The number of hydrogen-bond acceptors (Lipinski definition) is 10. The summed E-state index contributed by atoms with van der Waals surface area (Å²) >= 11 is 0. The maximum Gasteiger partial charge on any atom is 0.280 e. The van der Waals surface area contributed by atoms with Gasteiger partial charge in [-0.15, -0.1) is 0 Å². The topological polar surface area (TPSA) is 199 Å². The molecule has 0 unspecified atom stereocenters. The van der Waals surface area contributed by atoms with Gasteiger partial charge in [-0.1, -0.05) is 73.6 Å². The van der Waals surface area contributed by atoms with Crippen LogP contribution < -0.4 is 20.3 Å². The summed E-state index contributed by atoms with van der Waals surface area (Å²) < 4.78 is 26.5. The first-order chi connectivity index (χ1) is 24.7. The van der Waals surface area contributed by atoms with Gasteiger partial charge in [0.2, 0.25) is 11.9 Å². The van der Waals surface area contributed by atoms with Crippen LogP contribution in [0.1, 0.15) is 36.8 Å². The number of hydrogen-bond donors (Lipinski definition) is 3. The highest BCUT2D eigenvalue weighted by atomic mass is 16.6. The molecule has 15 heteroatoms. The summed E-state index contributed by atoms with van der Waals surface area (Å²) in [4.78, 5) is 40.1. The van der Waals surface area contributed by atoms with E-state index >= 15 is 0 Å². The number of fused-ring (bicyclic) bond motifs is 1. The largest absolute Gasteiger partial charge is 0.497 e. The van der Waals surface area contributed by atoms with Crippen LogP contribution in [0.5, 0.6) is 11.5 Å². The number of benzene rings is 3. The fraction of sp³-hybridized carbons (Fsp3) is 0.333. The fourth-order valence-corrected chi connectivity index (χ4v) is 6.33. The third-order valence-corrected chi connectivity index (χ3v) is 8.99. The number of aromatic amines is 1. The SMILES string of the molecule is COc1ccc(C(O[C@@H]2[C@H](CO)[C@@H](CN=[N+]=[N-])O[C@H]2n2cnc3c(=O)[nH]c(NC(=O)C(C)C)nc32)(c2ccccc2)c2ccc(OC)cc2)cc1. The van der Waals surface area contributed by atoms with E-state index in [1.165, 1.54) is 10.9 Å². The van der Waals surface area contributed by atoms with Crippen LogP contribution in [0.15, 0.2) is 95.1 Å². The van der Waals surface area contributed by atoms with Gasteiger partial charge in [0, 0.05) is 16.7 Å². The maximum atomic E-state index is 13.2. The van der Waals surface area contributed by atoms with Crippen LogP contribution in [0.2, 0.25) is 0 Å². The zero-order valence-electron chi connectivity index (χ0n) is 28.5. The Morgan fingerprint density at radius 2 is 1.65 bits per heavy atom. The first kappa shape index (κ1) is 35.1. The number of aliphatic hydroxyl groups excluding tert-OH is 1. The first-order valence-corrected chi connectivity index (χ1v) is 16.3. The van der Waals surface area contributed by atoms with E-state index in [1.54, 1.807) is 28.1 Å².